The summed E-state index contributed by atoms with van der Waals surface area (Å²) >= 11 is 3.52. The van der Waals surface area contributed by atoms with Crippen LogP contribution in [0.3, 0.4) is 0 Å². The first-order chi connectivity index (χ1) is 11.5. The Hall–Kier alpha value is -2.27. The number of ether oxygens (including phenoxy) is 1. The number of anilines is 1. The molecule has 124 valence electrons. The van der Waals surface area contributed by atoms with Gasteiger partial charge in [0.25, 0.3) is 0 Å². The summed E-state index contributed by atoms with van der Waals surface area (Å²) in [5.74, 6) is 0.768. The van der Waals surface area contributed by atoms with Crippen molar-refractivity contribution in [2.75, 3.05) is 12.4 Å². The molecule has 0 spiro atoms. The number of aryl methyl sites for hydroxylation is 2. The summed E-state index contributed by atoms with van der Waals surface area (Å²) in [6.45, 7) is 4.49. The second-order valence-corrected chi connectivity index (χ2v) is 6.53. The fourth-order valence-corrected chi connectivity index (χ4v) is 3.01. The van der Waals surface area contributed by atoms with Gasteiger partial charge in [0.15, 0.2) is 0 Å². The Balaban J connectivity index is 1.99. The van der Waals surface area contributed by atoms with Gasteiger partial charge in [-0.25, -0.2) is 4.79 Å². The van der Waals surface area contributed by atoms with E-state index in [0.717, 1.165) is 38.0 Å². The van der Waals surface area contributed by atoms with E-state index in [-0.39, 0.29) is 5.63 Å². The summed E-state index contributed by atoms with van der Waals surface area (Å²) in [5.41, 5.74) is 4.22. The van der Waals surface area contributed by atoms with Gasteiger partial charge in [-0.15, -0.1) is 0 Å². The van der Waals surface area contributed by atoms with Gasteiger partial charge in [0.05, 0.1) is 12.8 Å². The smallest absolute Gasteiger partial charge is 0.336 e. The third-order valence-corrected chi connectivity index (χ3v) is 4.85. The molecule has 0 saturated heterocycles. The molecule has 2 aromatic carbocycles. The van der Waals surface area contributed by atoms with Gasteiger partial charge >= 0.3 is 5.63 Å². The molecule has 0 atom stereocenters. The number of halogens is 1. The van der Waals surface area contributed by atoms with E-state index in [1.807, 2.05) is 44.2 Å². The van der Waals surface area contributed by atoms with E-state index in [1.54, 1.807) is 7.11 Å². The standard InChI is InChI=1S/C19H18BrNO3/c1-11-4-6-15-13(8-18(22)24-19(15)12(11)2)10-21-17-9-14(23-3)5-7-16(17)20/h4-9,21H,10H2,1-3H3. The molecule has 3 rings (SSSR count). The van der Waals surface area contributed by atoms with Gasteiger partial charge in [-0.05, 0) is 58.6 Å². The number of fused-ring (bicyclic) bond motifs is 1. The van der Waals surface area contributed by atoms with Crippen LogP contribution < -0.4 is 15.7 Å². The van der Waals surface area contributed by atoms with E-state index in [0.29, 0.717) is 12.1 Å². The molecular weight excluding hydrogens is 370 g/mol. The van der Waals surface area contributed by atoms with Crippen LogP contribution >= 0.6 is 15.9 Å². The minimum absolute atomic E-state index is 0.335. The number of benzene rings is 2. The monoisotopic (exact) mass is 387 g/mol. The molecule has 1 heterocycles. The van der Waals surface area contributed by atoms with E-state index >= 15 is 0 Å². The van der Waals surface area contributed by atoms with Crippen LogP contribution in [0.25, 0.3) is 11.0 Å². The fourth-order valence-electron chi connectivity index (χ4n) is 2.63. The van der Waals surface area contributed by atoms with E-state index < -0.39 is 0 Å². The lowest BCUT2D eigenvalue weighted by Crippen LogP contribution is -2.07. The average molecular weight is 388 g/mol. The molecule has 24 heavy (non-hydrogen) atoms. The Kier molecular flexibility index (Phi) is 4.62. The quantitative estimate of drug-likeness (QED) is 0.653. The minimum Gasteiger partial charge on any atom is -0.497 e. The lowest BCUT2D eigenvalue weighted by Gasteiger charge is -2.12. The van der Waals surface area contributed by atoms with Crippen molar-refractivity contribution >= 4 is 32.6 Å². The Labute approximate surface area is 148 Å². The molecule has 0 saturated carbocycles. The summed E-state index contributed by atoms with van der Waals surface area (Å²) in [5, 5.41) is 4.30. The van der Waals surface area contributed by atoms with Gasteiger partial charge in [-0.2, -0.15) is 0 Å². The highest BCUT2D eigenvalue weighted by Crippen LogP contribution is 2.29. The van der Waals surface area contributed by atoms with Crippen molar-refractivity contribution in [3.8, 4) is 5.75 Å². The average Bonchev–Trinajstić information content (AvgIpc) is 2.57. The van der Waals surface area contributed by atoms with Crippen molar-refractivity contribution < 1.29 is 9.15 Å². The maximum Gasteiger partial charge on any atom is 0.336 e. The molecule has 1 N–H and O–H groups in total. The van der Waals surface area contributed by atoms with Crippen molar-refractivity contribution in [1.82, 2.24) is 0 Å². The van der Waals surface area contributed by atoms with Crippen molar-refractivity contribution in [2.24, 2.45) is 0 Å². The largest absolute Gasteiger partial charge is 0.497 e. The Bertz CT molecular complexity index is 963. The van der Waals surface area contributed by atoms with Crippen molar-refractivity contribution in [1.29, 1.82) is 0 Å². The minimum atomic E-state index is -0.335. The van der Waals surface area contributed by atoms with Gasteiger partial charge in [0, 0.05) is 28.5 Å². The molecule has 0 amide bonds. The Morgan fingerprint density at radius 3 is 2.71 bits per heavy atom. The molecule has 5 heteroatoms. The van der Waals surface area contributed by atoms with Crippen molar-refractivity contribution in [3.05, 3.63) is 68.0 Å². The third-order valence-electron chi connectivity index (χ3n) is 4.16. The summed E-state index contributed by atoms with van der Waals surface area (Å²) < 4.78 is 11.6. The second kappa shape index (κ2) is 6.69. The zero-order valence-electron chi connectivity index (χ0n) is 13.8. The van der Waals surface area contributed by atoms with Crippen LogP contribution in [0.5, 0.6) is 5.75 Å². The summed E-state index contributed by atoms with van der Waals surface area (Å²) in [4.78, 5) is 11.9. The molecule has 0 aliphatic heterocycles. The molecule has 1 aromatic heterocycles. The molecule has 0 bridgehead atoms. The van der Waals surface area contributed by atoms with Crippen molar-refractivity contribution in [2.45, 2.75) is 20.4 Å². The van der Waals surface area contributed by atoms with Gasteiger partial charge in [-0.3, -0.25) is 0 Å². The van der Waals surface area contributed by atoms with Crippen LogP contribution in [0, 0.1) is 13.8 Å². The molecule has 0 radical (unpaired) electrons. The predicted molar refractivity (Wildman–Crippen MR) is 100.0 cm³/mol. The summed E-state index contributed by atoms with van der Waals surface area (Å²) in [6, 6.07) is 11.3. The molecular formula is C19H18BrNO3. The number of hydrogen-bond donors (Lipinski definition) is 1. The zero-order chi connectivity index (χ0) is 17.3. The number of hydrogen-bond acceptors (Lipinski definition) is 4. The summed E-state index contributed by atoms with van der Waals surface area (Å²) in [6.07, 6.45) is 0. The highest BCUT2D eigenvalue weighted by Gasteiger charge is 2.10. The summed E-state index contributed by atoms with van der Waals surface area (Å²) in [7, 11) is 1.63. The van der Waals surface area contributed by atoms with Gasteiger partial charge in [0.2, 0.25) is 0 Å². The maximum atomic E-state index is 11.9. The van der Waals surface area contributed by atoms with E-state index in [9.17, 15) is 4.79 Å². The van der Waals surface area contributed by atoms with E-state index in [2.05, 4.69) is 21.2 Å². The molecule has 0 fully saturated rings. The Morgan fingerprint density at radius 2 is 1.96 bits per heavy atom. The van der Waals surface area contributed by atoms with Gasteiger partial charge in [-0.1, -0.05) is 12.1 Å². The van der Waals surface area contributed by atoms with Crippen LogP contribution in [-0.4, -0.2) is 7.11 Å². The molecule has 0 unspecified atom stereocenters. The van der Waals surface area contributed by atoms with E-state index in [1.165, 1.54) is 6.07 Å². The SMILES string of the molecule is COc1ccc(Br)c(NCc2cc(=O)oc3c(C)c(C)ccc23)c1. The Morgan fingerprint density at radius 1 is 1.17 bits per heavy atom. The topological polar surface area (TPSA) is 51.5 Å². The van der Waals surface area contributed by atoms with E-state index in [4.69, 9.17) is 9.15 Å². The lowest BCUT2D eigenvalue weighted by molar-refractivity contribution is 0.415. The van der Waals surface area contributed by atoms with Crippen LogP contribution in [0.1, 0.15) is 16.7 Å². The highest BCUT2D eigenvalue weighted by molar-refractivity contribution is 9.10. The predicted octanol–water partition coefficient (Wildman–Crippen LogP) is 4.79. The van der Waals surface area contributed by atoms with Gasteiger partial charge < -0.3 is 14.5 Å². The number of nitrogens with one attached hydrogen (secondary N) is 1. The third kappa shape index (κ3) is 3.17. The maximum absolute atomic E-state index is 11.9. The molecule has 0 aliphatic rings. The second-order valence-electron chi connectivity index (χ2n) is 5.67. The first kappa shape index (κ1) is 16.6. The number of methoxy groups -OCH3 is 1. The van der Waals surface area contributed by atoms with Crippen LogP contribution in [0.2, 0.25) is 0 Å². The van der Waals surface area contributed by atoms with Crippen LogP contribution in [-0.2, 0) is 6.54 Å². The number of rotatable bonds is 4. The zero-order valence-corrected chi connectivity index (χ0v) is 15.4. The van der Waals surface area contributed by atoms with Crippen LogP contribution in [0.15, 0.2) is 50.1 Å². The molecule has 0 aliphatic carbocycles. The first-order valence-corrected chi connectivity index (χ1v) is 8.39. The first-order valence-electron chi connectivity index (χ1n) is 7.60. The van der Waals surface area contributed by atoms with Gasteiger partial charge in [0.1, 0.15) is 11.3 Å². The molecule has 3 aromatic rings. The fraction of sp³-hybridized carbons (Fsp3) is 0.211. The highest BCUT2D eigenvalue weighted by atomic mass is 79.9. The van der Waals surface area contributed by atoms with Crippen molar-refractivity contribution in [3.63, 3.8) is 0 Å². The lowest BCUT2D eigenvalue weighted by atomic mass is 10.0. The normalized spacial score (nSPS) is 10.8. The van der Waals surface area contributed by atoms with Crippen LogP contribution in [0.4, 0.5) is 5.69 Å². The molecule has 4 nitrogen and oxygen atoms in total.